The third kappa shape index (κ3) is 5.18. The number of carbonyl (C=O) groups is 1. The van der Waals surface area contributed by atoms with E-state index in [2.05, 4.69) is 21.1 Å². The van der Waals surface area contributed by atoms with Crippen molar-refractivity contribution in [2.45, 2.75) is 24.9 Å². The van der Waals surface area contributed by atoms with Gasteiger partial charge in [-0.2, -0.15) is 0 Å². The summed E-state index contributed by atoms with van der Waals surface area (Å²) in [5.41, 5.74) is 0.734. The topological polar surface area (TPSA) is 88.1 Å². The molecule has 0 aliphatic rings. The molecule has 0 bridgehead atoms. The van der Waals surface area contributed by atoms with Crippen LogP contribution in [-0.4, -0.2) is 32.9 Å². The van der Waals surface area contributed by atoms with Crippen LogP contribution in [0.2, 0.25) is 0 Å². The molecule has 0 atom stereocenters. The number of benzene rings is 1. The first kappa shape index (κ1) is 17.6. The van der Waals surface area contributed by atoms with Gasteiger partial charge in [0.15, 0.2) is 0 Å². The van der Waals surface area contributed by atoms with Gasteiger partial charge in [-0.15, -0.1) is 11.5 Å². The van der Waals surface area contributed by atoms with Gasteiger partial charge in [0.2, 0.25) is 5.16 Å². The van der Waals surface area contributed by atoms with Gasteiger partial charge in [0.25, 0.3) is 0 Å². The summed E-state index contributed by atoms with van der Waals surface area (Å²) in [5, 5.41) is 16.6. The first-order valence-electron chi connectivity index (χ1n) is 7.32. The molecule has 0 unspecified atom stereocenters. The summed E-state index contributed by atoms with van der Waals surface area (Å²) in [5.74, 6) is 2.73. The van der Waals surface area contributed by atoms with E-state index in [1.54, 1.807) is 30.3 Å². The van der Waals surface area contributed by atoms with Crippen molar-refractivity contribution >= 4 is 23.8 Å². The van der Waals surface area contributed by atoms with Gasteiger partial charge in [-0.1, -0.05) is 25.0 Å². The molecular weight excluding hydrogens is 326 g/mol. The summed E-state index contributed by atoms with van der Waals surface area (Å²) in [7, 11) is 0. The van der Waals surface area contributed by atoms with Gasteiger partial charge in [-0.3, -0.25) is 5.10 Å². The van der Waals surface area contributed by atoms with Crippen molar-refractivity contribution in [2.24, 2.45) is 0 Å². The lowest BCUT2D eigenvalue weighted by Crippen LogP contribution is -1.97. The van der Waals surface area contributed by atoms with Crippen molar-refractivity contribution in [1.82, 2.24) is 15.2 Å². The number of terminal acetylenes is 1. The summed E-state index contributed by atoms with van der Waals surface area (Å²) < 4.78 is 5.28. The molecule has 0 fully saturated rings. The number of hydrogen-bond acceptors (Lipinski definition) is 5. The molecule has 0 saturated heterocycles. The van der Waals surface area contributed by atoms with Gasteiger partial charge < -0.3 is 9.84 Å². The highest BCUT2D eigenvalue weighted by molar-refractivity contribution is 8.04. The van der Waals surface area contributed by atoms with Crippen molar-refractivity contribution in [3.63, 3.8) is 0 Å². The number of hydrogen-bond donors (Lipinski definition) is 2. The molecule has 7 heteroatoms. The number of aromatic nitrogens is 3. The Morgan fingerprint density at radius 1 is 1.46 bits per heavy atom. The maximum atomic E-state index is 11.4. The Hall–Kier alpha value is -2.72. The fraction of sp³-hybridized carbons (Fsp3) is 0.235. The van der Waals surface area contributed by atoms with E-state index in [1.807, 2.05) is 6.92 Å². The number of nitrogens with one attached hydrogen (secondary N) is 1. The van der Waals surface area contributed by atoms with E-state index in [1.165, 1.54) is 0 Å². The molecule has 0 aliphatic carbocycles. The average Bonchev–Trinajstić information content (AvgIpc) is 3.01. The number of thioether (sulfide) groups is 1. The molecule has 2 rings (SSSR count). The second-order valence-electron chi connectivity index (χ2n) is 4.79. The summed E-state index contributed by atoms with van der Waals surface area (Å²) in [6.45, 7) is 2.23. The lowest BCUT2D eigenvalue weighted by Gasteiger charge is -2.03. The molecule has 124 valence electrons. The van der Waals surface area contributed by atoms with Crippen LogP contribution in [0, 0.1) is 12.3 Å². The molecule has 0 spiro atoms. The first-order chi connectivity index (χ1) is 11.6. The Labute approximate surface area is 144 Å². The molecule has 0 aliphatic heterocycles. The van der Waals surface area contributed by atoms with Crippen LogP contribution in [0.1, 0.15) is 24.7 Å². The Kier molecular flexibility index (Phi) is 6.46. The van der Waals surface area contributed by atoms with Crippen LogP contribution in [0.5, 0.6) is 5.75 Å². The number of aryl methyl sites for hydroxylation is 1. The van der Waals surface area contributed by atoms with E-state index in [9.17, 15) is 9.90 Å². The van der Waals surface area contributed by atoms with Gasteiger partial charge in [0.1, 0.15) is 23.1 Å². The number of rotatable bonds is 8. The van der Waals surface area contributed by atoms with Crippen LogP contribution in [0.3, 0.4) is 0 Å². The van der Waals surface area contributed by atoms with E-state index in [-0.39, 0.29) is 11.5 Å². The molecule has 6 nitrogen and oxygen atoms in total. The van der Waals surface area contributed by atoms with Crippen LogP contribution in [0.4, 0.5) is 0 Å². The minimum atomic E-state index is -1.03. The van der Waals surface area contributed by atoms with Crippen molar-refractivity contribution in [1.29, 1.82) is 0 Å². The third-order valence-corrected chi connectivity index (χ3v) is 3.79. The zero-order chi connectivity index (χ0) is 17.4. The Bertz CT molecular complexity index is 760. The van der Waals surface area contributed by atoms with Crippen LogP contribution in [0.25, 0.3) is 6.08 Å². The molecule has 1 heterocycles. The molecule has 1 aromatic carbocycles. The smallest absolute Gasteiger partial charge is 0.342 e. The molecule has 24 heavy (non-hydrogen) atoms. The monoisotopic (exact) mass is 343 g/mol. The molecule has 0 amide bonds. The standard InChI is InChI=1S/C17H17N3O3S/c1-3-5-15-18-17(20-19-15)24-14(16(21)22)11-12-6-8-13(9-7-12)23-10-4-2/h2,6-9,11H,3,5,10H2,1H3,(H,21,22)(H,18,19,20)/b14-11-. The van der Waals surface area contributed by atoms with E-state index >= 15 is 0 Å². The van der Waals surface area contributed by atoms with Crippen molar-refractivity contribution in [3.05, 3.63) is 40.6 Å². The van der Waals surface area contributed by atoms with Crippen molar-refractivity contribution < 1.29 is 14.6 Å². The maximum absolute atomic E-state index is 11.4. The number of ether oxygens (including phenoxy) is 1. The van der Waals surface area contributed by atoms with Crippen LogP contribution in [0.15, 0.2) is 34.3 Å². The van der Waals surface area contributed by atoms with E-state index in [0.717, 1.165) is 36.0 Å². The van der Waals surface area contributed by atoms with Crippen LogP contribution in [-0.2, 0) is 11.2 Å². The predicted octanol–water partition coefficient (Wildman–Crippen LogP) is 2.99. The SMILES string of the molecule is C#CCOc1ccc(/C=C(\Sc2n[nH]c(CCC)n2)C(=O)O)cc1. The number of carboxylic acids is 1. The van der Waals surface area contributed by atoms with Gasteiger partial charge >= 0.3 is 5.97 Å². The highest BCUT2D eigenvalue weighted by Gasteiger charge is 2.13. The number of aliphatic carboxylic acids is 1. The summed E-state index contributed by atoms with van der Waals surface area (Å²) in [6.07, 6.45) is 8.41. The van der Waals surface area contributed by atoms with Gasteiger partial charge in [0.05, 0.1) is 0 Å². The second kappa shape index (κ2) is 8.79. The average molecular weight is 343 g/mol. The minimum absolute atomic E-state index is 0.134. The van der Waals surface area contributed by atoms with E-state index in [4.69, 9.17) is 11.2 Å². The minimum Gasteiger partial charge on any atom is -0.481 e. The number of carboxylic acid groups (broad SMARTS) is 1. The molecular formula is C17H17N3O3S. The normalized spacial score (nSPS) is 11.1. The molecule has 1 aromatic heterocycles. The Morgan fingerprint density at radius 2 is 2.21 bits per heavy atom. The fourth-order valence-electron chi connectivity index (χ4n) is 1.84. The Balaban J connectivity index is 2.12. The van der Waals surface area contributed by atoms with Gasteiger partial charge in [-0.25, -0.2) is 9.78 Å². The largest absolute Gasteiger partial charge is 0.481 e. The quantitative estimate of drug-likeness (QED) is 0.435. The molecule has 0 radical (unpaired) electrons. The fourth-order valence-corrected chi connectivity index (χ4v) is 2.57. The number of aromatic amines is 1. The molecule has 2 N–H and O–H groups in total. The summed E-state index contributed by atoms with van der Waals surface area (Å²) >= 11 is 1.01. The first-order valence-corrected chi connectivity index (χ1v) is 8.14. The number of nitrogens with zero attached hydrogens (tertiary/aromatic N) is 2. The third-order valence-electron chi connectivity index (χ3n) is 2.91. The highest BCUT2D eigenvalue weighted by atomic mass is 32.2. The van der Waals surface area contributed by atoms with Crippen LogP contribution >= 0.6 is 11.8 Å². The van der Waals surface area contributed by atoms with Crippen molar-refractivity contribution in [2.75, 3.05) is 6.61 Å². The summed E-state index contributed by atoms with van der Waals surface area (Å²) in [6, 6.07) is 6.99. The van der Waals surface area contributed by atoms with Crippen LogP contribution < -0.4 is 4.74 Å². The van der Waals surface area contributed by atoms with Crippen molar-refractivity contribution in [3.8, 4) is 18.1 Å². The second-order valence-corrected chi connectivity index (χ2v) is 5.80. The Morgan fingerprint density at radius 3 is 2.83 bits per heavy atom. The maximum Gasteiger partial charge on any atom is 0.342 e. The van der Waals surface area contributed by atoms with Gasteiger partial charge in [-0.05, 0) is 42.0 Å². The summed E-state index contributed by atoms with van der Waals surface area (Å²) in [4.78, 5) is 15.8. The highest BCUT2D eigenvalue weighted by Crippen LogP contribution is 2.26. The lowest BCUT2D eigenvalue weighted by molar-refractivity contribution is -0.131. The molecule has 0 saturated carbocycles. The van der Waals surface area contributed by atoms with E-state index < -0.39 is 5.97 Å². The number of H-pyrrole nitrogens is 1. The lowest BCUT2D eigenvalue weighted by atomic mass is 10.2. The van der Waals surface area contributed by atoms with E-state index in [0.29, 0.717) is 10.9 Å². The van der Waals surface area contributed by atoms with Gasteiger partial charge in [0, 0.05) is 6.42 Å². The predicted molar refractivity (Wildman–Crippen MR) is 92.6 cm³/mol. The zero-order valence-electron chi connectivity index (χ0n) is 13.2. The zero-order valence-corrected chi connectivity index (χ0v) is 14.0. The molecule has 2 aromatic rings.